The first kappa shape index (κ1) is 25.7. The summed E-state index contributed by atoms with van der Waals surface area (Å²) >= 11 is 1.32. The first-order valence-electron chi connectivity index (χ1n) is 11.5. The number of thiophene rings is 1. The van der Waals surface area contributed by atoms with E-state index in [-0.39, 0.29) is 35.0 Å². The van der Waals surface area contributed by atoms with Crippen molar-refractivity contribution in [1.82, 2.24) is 0 Å². The van der Waals surface area contributed by atoms with E-state index >= 15 is 0 Å². The van der Waals surface area contributed by atoms with Crippen LogP contribution in [0.15, 0.2) is 40.3 Å². The number of hydrogen-bond acceptors (Lipinski definition) is 9. The van der Waals surface area contributed by atoms with Gasteiger partial charge >= 0.3 is 5.97 Å². The van der Waals surface area contributed by atoms with Crippen LogP contribution in [-0.2, 0) is 22.4 Å². The maximum absolute atomic E-state index is 13.0. The summed E-state index contributed by atoms with van der Waals surface area (Å²) in [5.41, 5.74) is 0.988. The lowest BCUT2D eigenvalue weighted by Crippen LogP contribution is -2.16. The number of furan rings is 1. The summed E-state index contributed by atoms with van der Waals surface area (Å²) in [7, 11) is 1.41. The van der Waals surface area contributed by atoms with Crippen molar-refractivity contribution in [2.45, 2.75) is 32.6 Å². The highest BCUT2D eigenvalue weighted by Crippen LogP contribution is 2.39. The van der Waals surface area contributed by atoms with E-state index in [4.69, 9.17) is 13.9 Å². The molecule has 2 heterocycles. The number of hydrogen-bond donors (Lipinski definition) is 1. The van der Waals surface area contributed by atoms with Crippen LogP contribution in [0.4, 0.5) is 10.7 Å². The summed E-state index contributed by atoms with van der Waals surface area (Å²) < 4.78 is 16.0. The van der Waals surface area contributed by atoms with Gasteiger partial charge in [-0.25, -0.2) is 4.79 Å². The number of carbonyl (C=O) groups excluding carboxylic acids is 2. The fraction of sp³-hybridized carbons (Fsp3) is 0.269. The Morgan fingerprint density at radius 2 is 2.05 bits per heavy atom. The molecule has 0 bridgehead atoms. The summed E-state index contributed by atoms with van der Waals surface area (Å²) in [5.74, 6) is -0.545. The van der Waals surface area contributed by atoms with Crippen LogP contribution in [0.25, 0.3) is 17.4 Å². The second-order valence-corrected chi connectivity index (χ2v) is 9.21. The predicted octanol–water partition coefficient (Wildman–Crippen LogP) is 5.53. The number of rotatable bonds is 8. The smallest absolute Gasteiger partial charge is 0.341 e. The molecule has 1 aliphatic rings. The van der Waals surface area contributed by atoms with Gasteiger partial charge in [-0.05, 0) is 62.4 Å². The number of methoxy groups -OCH3 is 1. The molecule has 11 heteroatoms. The van der Waals surface area contributed by atoms with Crippen LogP contribution < -0.4 is 10.1 Å². The molecule has 2 aromatic heterocycles. The first-order valence-corrected chi connectivity index (χ1v) is 12.3. The van der Waals surface area contributed by atoms with E-state index < -0.39 is 16.8 Å². The van der Waals surface area contributed by atoms with Crippen molar-refractivity contribution < 1.29 is 28.4 Å². The molecule has 1 N–H and O–H groups in total. The lowest BCUT2D eigenvalue weighted by atomic mass is 9.95. The SMILES string of the molecule is CCOC(=O)c1c(NC(=O)/C(C#N)=C/c2ccc(-c3ccc(OC)cc3[N+](=O)[O-])o2)sc2c1CCCC2. The third-order valence-electron chi connectivity index (χ3n) is 5.82. The van der Waals surface area contributed by atoms with Gasteiger partial charge in [-0.3, -0.25) is 14.9 Å². The van der Waals surface area contributed by atoms with E-state index in [2.05, 4.69) is 5.32 Å². The summed E-state index contributed by atoms with van der Waals surface area (Å²) in [6.07, 6.45) is 4.73. The zero-order valence-electron chi connectivity index (χ0n) is 20.2. The Balaban J connectivity index is 1.61. The number of fused-ring (bicyclic) bond motifs is 1. The van der Waals surface area contributed by atoms with Crippen LogP contribution in [0.5, 0.6) is 5.75 Å². The number of amides is 1. The zero-order valence-corrected chi connectivity index (χ0v) is 21.0. The van der Waals surface area contributed by atoms with Gasteiger partial charge in [0.25, 0.3) is 11.6 Å². The third kappa shape index (κ3) is 5.39. The summed E-state index contributed by atoms with van der Waals surface area (Å²) in [6.45, 7) is 1.91. The molecule has 0 radical (unpaired) electrons. The van der Waals surface area contributed by atoms with Crippen LogP contribution in [-0.4, -0.2) is 30.5 Å². The number of ether oxygens (including phenoxy) is 2. The van der Waals surface area contributed by atoms with Crippen LogP contribution >= 0.6 is 11.3 Å². The van der Waals surface area contributed by atoms with Crippen LogP contribution in [0.3, 0.4) is 0 Å². The number of anilines is 1. The molecule has 0 fully saturated rings. The Labute approximate surface area is 216 Å². The highest BCUT2D eigenvalue weighted by Gasteiger charge is 2.28. The Morgan fingerprint density at radius 3 is 2.76 bits per heavy atom. The topological polar surface area (TPSA) is 145 Å². The van der Waals surface area contributed by atoms with Crippen molar-refractivity contribution in [1.29, 1.82) is 5.26 Å². The molecular weight excluding hydrogens is 498 g/mol. The third-order valence-corrected chi connectivity index (χ3v) is 7.03. The van der Waals surface area contributed by atoms with Crippen molar-refractivity contribution in [3.8, 4) is 23.1 Å². The van der Waals surface area contributed by atoms with Crippen LogP contribution in [0.1, 0.15) is 46.3 Å². The minimum absolute atomic E-state index is 0.155. The van der Waals surface area contributed by atoms with Gasteiger partial charge in [0.15, 0.2) is 0 Å². The predicted molar refractivity (Wildman–Crippen MR) is 136 cm³/mol. The Kier molecular flexibility index (Phi) is 7.69. The van der Waals surface area contributed by atoms with Crippen molar-refractivity contribution in [2.75, 3.05) is 19.0 Å². The number of nitrogens with one attached hydrogen (secondary N) is 1. The number of esters is 1. The molecule has 0 atom stereocenters. The van der Waals surface area contributed by atoms with Crippen molar-refractivity contribution in [3.63, 3.8) is 0 Å². The summed E-state index contributed by atoms with van der Waals surface area (Å²) in [4.78, 5) is 37.6. The van der Waals surface area contributed by atoms with Gasteiger partial charge in [0.2, 0.25) is 0 Å². The number of nitro benzene ring substituents is 1. The molecule has 4 rings (SSSR count). The van der Waals surface area contributed by atoms with Gasteiger partial charge in [0, 0.05) is 11.0 Å². The number of benzene rings is 1. The second-order valence-electron chi connectivity index (χ2n) is 8.10. The van der Waals surface area contributed by atoms with Crippen LogP contribution in [0.2, 0.25) is 0 Å². The van der Waals surface area contributed by atoms with Gasteiger partial charge in [0.05, 0.1) is 35.8 Å². The Hall–Kier alpha value is -4.43. The van der Waals surface area contributed by atoms with E-state index in [0.29, 0.717) is 16.3 Å². The van der Waals surface area contributed by atoms with Gasteiger partial charge in [0.1, 0.15) is 33.9 Å². The van der Waals surface area contributed by atoms with Gasteiger partial charge < -0.3 is 19.2 Å². The quantitative estimate of drug-likeness (QED) is 0.134. The number of nitrogens with zero attached hydrogens (tertiary/aromatic N) is 2. The standard InChI is InChI=1S/C26H23N3O7S/c1-3-35-26(31)23-19-6-4-5-7-22(19)37-25(23)28-24(30)15(14-27)12-17-9-11-21(36-17)18-10-8-16(34-2)13-20(18)29(32)33/h8-13H,3-7H2,1-2H3,(H,28,30)/b15-12+. The minimum Gasteiger partial charge on any atom is -0.497 e. The van der Waals surface area contributed by atoms with E-state index in [1.54, 1.807) is 13.0 Å². The molecule has 190 valence electrons. The molecule has 0 saturated carbocycles. The first-order chi connectivity index (χ1) is 17.9. The molecule has 1 amide bonds. The number of nitro groups is 1. The molecule has 10 nitrogen and oxygen atoms in total. The Morgan fingerprint density at radius 1 is 1.27 bits per heavy atom. The number of carbonyl (C=O) groups is 2. The van der Waals surface area contributed by atoms with Crippen molar-refractivity contribution >= 4 is 40.0 Å². The Bertz CT molecular complexity index is 1440. The monoisotopic (exact) mass is 521 g/mol. The summed E-state index contributed by atoms with van der Waals surface area (Å²) in [6, 6.07) is 9.21. The molecular formula is C26H23N3O7S. The zero-order chi connectivity index (χ0) is 26.5. The lowest BCUT2D eigenvalue weighted by Gasteiger charge is -2.12. The van der Waals surface area contributed by atoms with Gasteiger partial charge in [-0.15, -0.1) is 11.3 Å². The summed E-state index contributed by atoms with van der Waals surface area (Å²) in [5, 5.41) is 24.2. The van der Waals surface area contributed by atoms with Crippen LogP contribution in [0, 0.1) is 21.4 Å². The lowest BCUT2D eigenvalue weighted by molar-refractivity contribution is -0.384. The largest absolute Gasteiger partial charge is 0.497 e. The fourth-order valence-corrected chi connectivity index (χ4v) is 5.38. The average Bonchev–Trinajstić information content (AvgIpc) is 3.51. The maximum atomic E-state index is 13.0. The van der Waals surface area contributed by atoms with E-state index in [0.717, 1.165) is 36.1 Å². The number of aryl methyl sites for hydroxylation is 1. The molecule has 1 aromatic carbocycles. The molecule has 0 spiro atoms. The molecule has 0 saturated heterocycles. The van der Waals surface area contributed by atoms with Gasteiger partial charge in [-0.1, -0.05) is 0 Å². The molecule has 0 unspecified atom stereocenters. The average molecular weight is 522 g/mol. The van der Waals surface area contributed by atoms with E-state index in [9.17, 15) is 25.0 Å². The highest BCUT2D eigenvalue weighted by molar-refractivity contribution is 7.17. The van der Waals surface area contributed by atoms with E-state index in [1.165, 1.54) is 48.8 Å². The van der Waals surface area contributed by atoms with Crippen molar-refractivity contribution in [2.24, 2.45) is 0 Å². The molecule has 3 aromatic rings. The fourth-order valence-electron chi connectivity index (χ4n) is 4.11. The normalized spacial score (nSPS) is 12.8. The van der Waals surface area contributed by atoms with Gasteiger partial charge in [-0.2, -0.15) is 5.26 Å². The molecule has 0 aliphatic heterocycles. The minimum atomic E-state index is -0.708. The molecule has 37 heavy (non-hydrogen) atoms. The molecule has 1 aliphatic carbocycles. The van der Waals surface area contributed by atoms with Crippen molar-refractivity contribution in [3.05, 3.63) is 67.8 Å². The highest BCUT2D eigenvalue weighted by atomic mass is 32.1. The van der Waals surface area contributed by atoms with E-state index in [1.807, 2.05) is 6.07 Å². The maximum Gasteiger partial charge on any atom is 0.341 e. The second kappa shape index (κ2) is 11.1. The number of nitriles is 1.